The fourth-order valence-corrected chi connectivity index (χ4v) is 2.42. The quantitative estimate of drug-likeness (QED) is 0.769. The van der Waals surface area contributed by atoms with Crippen molar-refractivity contribution in [1.82, 2.24) is 29.9 Å². The fourth-order valence-electron chi connectivity index (χ4n) is 2.42. The average molecular weight is 325 g/mol. The molecule has 0 spiro atoms. The number of carbonyl (C=O) groups excluding carboxylic acids is 1. The van der Waals surface area contributed by atoms with Gasteiger partial charge in [0.25, 0.3) is 0 Å². The Hall–Kier alpha value is -3.16. The van der Waals surface area contributed by atoms with Crippen LogP contribution in [0.15, 0.2) is 43.0 Å². The zero-order chi connectivity index (χ0) is 17.1. The van der Waals surface area contributed by atoms with E-state index in [0.717, 1.165) is 16.9 Å². The number of hydrogen-bond acceptors (Lipinski definition) is 4. The van der Waals surface area contributed by atoms with Crippen LogP contribution in [0, 0.1) is 6.92 Å². The molecule has 0 bridgehead atoms. The summed E-state index contributed by atoms with van der Waals surface area (Å²) in [6.45, 7) is 3.81. The zero-order valence-electron chi connectivity index (χ0n) is 13.8. The van der Waals surface area contributed by atoms with Crippen LogP contribution in [0.5, 0.6) is 0 Å². The zero-order valence-corrected chi connectivity index (χ0v) is 13.8. The van der Waals surface area contributed by atoms with Crippen LogP contribution < -0.4 is 10.6 Å². The Kier molecular flexibility index (Phi) is 4.28. The Bertz CT molecular complexity index is 821. The van der Waals surface area contributed by atoms with Gasteiger partial charge in [-0.1, -0.05) is 12.1 Å². The number of benzene rings is 1. The molecule has 2 N–H and O–H groups in total. The van der Waals surface area contributed by atoms with E-state index in [1.165, 1.54) is 6.33 Å². The van der Waals surface area contributed by atoms with Crippen LogP contribution in [0.1, 0.15) is 24.2 Å². The maximum absolute atomic E-state index is 12.1. The maximum Gasteiger partial charge on any atom is 0.320 e. The van der Waals surface area contributed by atoms with Gasteiger partial charge in [0.05, 0.1) is 17.4 Å². The topological polar surface area (TPSA) is 89.7 Å². The van der Waals surface area contributed by atoms with Crippen molar-refractivity contribution in [3.05, 3.63) is 54.2 Å². The predicted octanol–water partition coefficient (Wildman–Crippen LogP) is 2.19. The summed E-state index contributed by atoms with van der Waals surface area (Å²) in [5.74, 6) is 0.652. The van der Waals surface area contributed by atoms with Gasteiger partial charge in [0.15, 0.2) is 0 Å². The van der Waals surface area contributed by atoms with Gasteiger partial charge in [0, 0.05) is 13.1 Å². The van der Waals surface area contributed by atoms with Gasteiger partial charge in [0.2, 0.25) is 0 Å². The van der Waals surface area contributed by atoms with E-state index in [1.54, 1.807) is 22.7 Å². The van der Waals surface area contributed by atoms with Gasteiger partial charge in [-0.05, 0) is 31.5 Å². The molecule has 0 saturated carbocycles. The van der Waals surface area contributed by atoms with Gasteiger partial charge in [-0.15, -0.1) is 0 Å². The Morgan fingerprint density at radius 2 is 2.00 bits per heavy atom. The average Bonchev–Trinajstić information content (AvgIpc) is 3.18. The molecule has 0 fully saturated rings. The van der Waals surface area contributed by atoms with Crippen molar-refractivity contribution >= 4 is 11.8 Å². The Balaban J connectivity index is 1.63. The summed E-state index contributed by atoms with van der Waals surface area (Å²) in [5.41, 5.74) is 2.76. The summed E-state index contributed by atoms with van der Waals surface area (Å²) in [4.78, 5) is 16.0. The minimum absolute atomic E-state index is 0.135. The number of nitrogens with one attached hydrogen (secondary N) is 2. The van der Waals surface area contributed by atoms with E-state index in [4.69, 9.17) is 0 Å². The first-order valence-corrected chi connectivity index (χ1v) is 7.56. The van der Waals surface area contributed by atoms with Crippen molar-refractivity contribution in [3.63, 3.8) is 0 Å². The van der Waals surface area contributed by atoms with Gasteiger partial charge in [-0.25, -0.2) is 14.5 Å². The number of aromatic nitrogens is 5. The summed E-state index contributed by atoms with van der Waals surface area (Å²) in [5, 5.41) is 14.0. The number of amides is 2. The number of urea groups is 1. The largest absolute Gasteiger partial charge is 0.331 e. The van der Waals surface area contributed by atoms with E-state index < -0.39 is 0 Å². The van der Waals surface area contributed by atoms with Crippen LogP contribution in [-0.4, -0.2) is 30.6 Å². The Morgan fingerprint density at radius 1 is 1.25 bits per heavy atom. The molecule has 0 unspecified atom stereocenters. The van der Waals surface area contributed by atoms with Crippen molar-refractivity contribution in [2.45, 2.75) is 19.9 Å². The molecule has 2 amide bonds. The van der Waals surface area contributed by atoms with Gasteiger partial charge in [-0.3, -0.25) is 10.00 Å². The monoisotopic (exact) mass is 325 g/mol. The molecule has 0 aliphatic rings. The van der Waals surface area contributed by atoms with Crippen molar-refractivity contribution < 1.29 is 4.79 Å². The number of aryl methyl sites for hydroxylation is 2. The van der Waals surface area contributed by atoms with Crippen molar-refractivity contribution in [2.75, 3.05) is 5.32 Å². The molecule has 8 nitrogen and oxygen atoms in total. The van der Waals surface area contributed by atoms with Gasteiger partial charge in [0.1, 0.15) is 18.5 Å². The Morgan fingerprint density at radius 3 is 2.58 bits per heavy atom. The third kappa shape index (κ3) is 3.43. The van der Waals surface area contributed by atoms with Gasteiger partial charge < -0.3 is 5.32 Å². The maximum atomic E-state index is 12.1. The molecule has 0 saturated heterocycles. The van der Waals surface area contributed by atoms with Crippen molar-refractivity contribution in [3.8, 4) is 5.69 Å². The van der Waals surface area contributed by atoms with Crippen LogP contribution in [0.2, 0.25) is 0 Å². The first kappa shape index (κ1) is 15.7. The van der Waals surface area contributed by atoms with Crippen LogP contribution in [0.4, 0.5) is 10.6 Å². The van der Waals surface area contributed by atoms with E-state index in [2.05, 4.69) is 25.8 Å². The molecule has 0 radical (unpaired) electrons. The molecule has 3 rings (SSSR count). The highest BCUT2D eigenvalue weighted by molar-refractivity contribution is 5.88. The third-order valence-corrected chi connectivity index (χ3v) is 3.67. The van der Waals surface area contributed by atoms with Crippen LogP contribution in [-0.2, 0) is 7.05 Å². The number of nitrogens with zero attached hydrogens (tertiary/aromatic N) is 5. The third-order valence-electron chi connectivity index (χ3n) is 3.67. The number of carbonyl (C=O) groups is 1. The molecule has 0 aliphatic carbocycles. The lowest BCUT2D eigenvalue weighted by atomic mass is 10.1. The molecule has 1 aromatic carbocycles. The highest BCUT2D eigenvalue weighted by Crippen LogP contribution is 2.15. The highest BCUT2D eigenvalue weighted by Gasteiger charge is 2.12. The first-order chi connectivity index (χ1) is 11.5. The van der Waals surface area contributed by atoms with E-state index in [9.17, 15) is 4.79 Å². The lowest BCUT2D eigenvalue weighted by Gasteiger charge is -2.15. The van der Waals surface area contributed by atoms with Crippen molar-refractivity contribution in [1.29, 1.82) is 0 Å². The van der Waals surface area contributed by atoms with Gasteiger partial charge >= 0.3 is 6.03 Å². The normalized spacial score (nSPS) is 12.0. The highest BCUT2D eigenvalue weighted by atomic mass is 16.2. The molecule has 24 heavy (non-hydrogen) atoms. The summed E-state index contributed by atoms with van der Waals surface area (Å²) in [6.07, 6.45) is 3.13. The lowest BCUT2D eigenvalue weighted by molar-refractivity contribution is 0.249. The first-order valence-electron chi connectivity index (χ1n) is 7.56. The summed E-state index contributed by atoms with van der Waals surface area (Å²) in [7, 11) is 1.79. The summed E-state index contributed by atoms with van der Waals surface area (Å²) >= 11 is 0. The minimum atomic E-state index is -0.272. The molecule has 0 aliphatic heterocycles. The van der Waals surface area contributed by atoms with E-state index in [-0.39, 0.29) is 12.1 Å². The second-order valence-corrected chi connectivity index (χ2v) is 5.55. The summed E-state index contributed by atoms with van der Waals surface area (Å²) in [6, 6.07) is 9.19. The molecular weight excluding hydrogens is 306 g/mol. The molecule has 124 valence electrons. The second-order valence-electron chi connectivity index (χ2n) is 5.55. The van der Waals surface area contributed by atoms with E-state index >= 15 is 0 Å². The fraction of sp³-hybridized carbons (Fsp3) is 0.250. The van der Waals surface area contributed by atoms with E-state index in [0.29, 0.717) is 5.82 Å². The number of hydrogen-bond donors (Lipinski definition) is 2. The minimum Gasteiger partial charge on any atom is -0.331 e. The molecular formula is C16H19N7O. The molecule has 8 heteroatoms. The number of anilines is 1. The summed E-state index contributed by atoms with van der Waals surface area (Å²) < 4.78 is 3.31. The van der Waals surface area contributed by atoms with Crippen LogP contribution in [0.3, 0.4) is 0 Å². The molecule has 2 heterocycles. The second kappa shape index (κ2) is 6.53. The number of rotatable bonds is 4. The standard InChI is InChI=1S/C16H19N7O/c1-11-8-15(22(3)21-11)20-16(24)19-12(2)13-4-6-14(7-5-13)23-10-17-9-18-23/h4-10,12H,1-3H3,(H2,19,20,24)/t12-/m1/s1. The van der Waals surface area contributed by atoms with Crippen LogP contribution in [0.25, 0.3) is 5.69 Å². The van der Waals surface area contributed by atoms with Gasteiger partial charge in [-0.2, -0.15) is 10.2 Å². The smallest absolute Gasteiger partial charge is 0.320 e. The molecule has 3 aromatic rings. The molecule has 2 aromatic heterocycles. The lowest BCUT2D eigenvalue weighted by Crippen LogP contribution is -2.31. The molecule has 1 atom stereocenters. The predicted molar refractivity (Wildman–Crippen MR) is 89.9 cm³/mol. The van der Waals surface area contributed by atoms with Crippen LogP contribution >= 0.6 is 0 Å². The van der Waals surface area contributed by atoms with Crippen molar-refractivity contribution in [2.24, 2.45) is 7.05 Å². The Labute approximate surface area is 139 Å². The van der Waals surface area contributed by atoms with E-state index in [1.807, 2.05) is 44.2 Å². The SMILES string of the molecule is Cc1cc(NC(=O)N[C@H](C)c2ccc(-n3cncn3)cc2)n(C)n1.